The van der Waals surface area contributed by atoms with Crippen LogP contribution >= 0.6 is 0 Å². The first-order valence-corrected chi connectivity index (χ1v) is 4.18. The Kier molecular flexibility index (Phi) is 3.85. The number of hydrogen-bond donors (Lipinski definition) is 4. The first kappa shape index (κ1) is 11.4. The van der Waals surface area contributed by atoms with Crippen LogP contribution in [-0.4, -0.2) is 57.7 Å². The molecular formula is C8H14O6. The number of ether oxygens (including phenoxy) is 2. The summed E-state index contributed by atoms with van der Waals surface area (Å²) in [4.78, 5) is 0. The minimum Gasteiger partial charge on any atom is -0.470 e. The predicted octanol–water partition coefficient (Wildman–Crippen LogP) is -2.05. The van der Waals surface area contributed by atoms with Gasteiger partial charge in [-0.3, -0.25) is 0 Å². The van der Waals surface area contributed by atoms with Gasteiger partial charge in [-0.15, -0.1) is 0 Å². The first-order valence-electron chi connectivity index (χ1n) is 4.18. The Hall–Kier alpha value is -0.660. The standard InChI is InChI=1S/C8H14O6/c1-2-13-8-7(12)6(11)5(10)4(3-9)14-8/h2,4-12H,1,3H2/t4?,5-,6?,7+,8?/m0/s1. The predicted molar refractivity (Wildman–Crippen MR) is 45.0 cm³/mol. The van der Waals surface area contributed by atoms with E-state index in [0.29, 0.717) is 0 Å². The number of aliphatic hydroxyl groups excluding tert-OH is 4. The van der Waals surface area contributed by atoms with Gasteiger partial charge < -0.3 is 29.9 Å². The summed E-state index contributed by atoms with van der Waals surface area (Å²) in [5.41, 5.74) is 0. The molecule has 1 saturated heterocycles. The van der Waals surface area contributed by atoms with Gasteiger partial charge in [-0.1, -0.05) is 6.58 Å². The van der Waals surface area contributed by atoms with Crippen LogP contribution in [0.4, 0.5) is 0 Å². The maximum atomic E-state index is 9.36. The molecule has 6 heteroatoms. The fourth-order valence-electron chi connectivity index (χ4n) is 1.27. The summed E-state index contributed by atoms with van der Waals surface area (Å²) in [5, 5.41) is 36.8. The van der Waals surface area contributed by atoms with Gasteiger partial charge in [0.25, 0.3) is 0 Å². The third-order valence-corrected chi connectivity index (χ3v) is 2.08. The van der Waals surface area contributed by atoms with Crippen LogP contribution in [0.15, 0.2) is 12.8 Å². The van der Waals surface area contributed by atoms with Gasteiger partial charge in [0, 0.05) is 0 Å². The Labute approximate surface area is 81.0 Å². The van der Waals surface area contributed by atoms with Crippen LogP contribution in [0.1, 0.15) is 0 Å². The molecule has 82 valence electrons. The van der Waals surface area contributed by atoms with E-state index >= 15 is 0 Å². The SMILES string of the molecule is C=COC1OC(CO)[C@H](O)C(O)[C@H]1O. The highest BCUT2D eigenvalue weighted by molar-refractivity contribution is 4.89. The largest absolute Gasteiger partial charge is 0.470 e. The lowest BCUT2D eigenvalue weighted by Gasteiger charge is -2.38. The Morgan fingerprint density at radius 3 is 2.36 bits per heavy atom. The lowest BCUT2D eigenvalue weighted by Crippen LogP contribution is -2.58. The van der Waals surface area contributed by atoms with Crippen LogP contribution in [-0.2, 0) is 9.47 Å². The maximum absolute atomic E-state index is 9.36. The summed E-state index contributed by atoms with van der Waals surface area (Å²) in [6.07, 6.45) is -5.16. The molecule has 1 aliphatic rings. The van der Waals surface area contributed by atoms with Gasteiger partial charge in [0.1, 0.15) is 24.4 Å². The Balaban J connectivity index is 2.67. The minimum atomic E-state index is -1.41. The van der Waals surface area contributed by atoms with Crippen molar-refractivity contribution in [2.75, 3.05) is 6.61 Å². The van der Waals surface area contributed by atoms with E-state index in [1.165, 1.54) is 0 Å². The molecule has 0 aliphatic carbocycles. The zero-order valence-electron chi connectivity index (χ0n) is 7.48. The van der Waals surface area contributed by atoms with Crippen molar-refractivity contribution in [2.45, 2.75) is 30.7 Å². The summed E-state index contributed by atoms with van der Waals surface area (Å²) >= 11 is 0. The molecule has 1 rings (SSSR count). The molecule has 0 bridgehead atoms. The molecule has 0 spiro atoms. The Bertz CT molecular complexity index is 194. The minimum absolute atomic E-state index is 0.470. The van der Waals surface area contributed by atoms with Gasteiger partial charge in [-0.25, -0.2) is 0 Å². The van der Waals surface area contributed by atoms with Crippen molar-refractivity contribution < 1.29 is 29.9 Å². The van der Waals surface area contributed by atoms with E-state index in [1.54, 1.807) is 0 Å². The zero-order chi connectivity index (χ0) is 10.7. The highest BCUT2D eigenvalue weighted by Gasteiger charge is 2.44. The van der Waals surface area contributed by atoms with Crippen molar-refractivity contribution >= 4 is 0 Å². The van der Waals surface area contributed by atoms with Gasteiger partial charge >= 0.3 is 0 Å². The fraction of sp³-hybridized carbons (Fsp3) is 0.750. The fourth-order valence-corrected chi connectivity index (χ4v) is 1.27. The summed E-state index contributed by atoms with van der Waals surface area (Å²) in [6, 6.07) is 0. The molecule has 1 fully saturated rings. The smallest absolute Gasteiger partial charge is 0.228 e. The molecule has 3 unspecified atom stereocenters. The Morgan fingerprint density at radius 2 is 1.86 bits per heavy atom. The number of aliphatic hydroxyl groups is 4. The van der Waals surface area contributed by atoms with E-state index < -0.39 is 37.3 Å². The van der Waals surface area contributed by atoms with E-state index in [9.17, 15) is 15.3 Å². The third-order valence-electron chi connectivity index (χ3n) is 2.08. The molecule has 1 aliphatic heterocycles. The van der Waals surface area contributed by atoms with Crippen molar-refractivity contribution in [3.63, 3.8) is 0 Å². The van der Waals surface area contributed by atoms with Crippen molar-refractivity contribution in [1.82, 2.24) is 0 Å². The monoisotopic (exact) mass is 206 g/mol. The van der Waals surface area contributed by atoms with E-state index in [2.05, 4.69) is 6.58 Å². The molecular weight excluding hydrogens is 192 g/mol. The summed E-state index contributed by atoms with van der Waals surface area (Å²) in [7, 11) is 0. The second kappa shape index (κ2) is 4.72. The molecule has 1 heterocycles. The van der Waals surface area contributed by atoms with Crippen LogP contribution in [0.3, 0.4) is 0 Å². The average Bonchev–Trinajstić information content (AvgIpc) is 2.19. The molecule has 14 heavy (non-hydrogen) atoms. The van der Waals surface area contributed by atoms with E-state index in [1.807, 2.05) is 0 Å². The van der Waals surface area contributed by atoms with Crippen molar-refractivity contribution in [1.29, 1.82) is 0 Å². The van der Waals surface area contributed by atoms with Crippen LogP contribution in [0.25, 0.3) is 0 Å². The lowest BCUT2D eigenvalue weighted by atomic mass is 9.99. The molecule has 0 radical (unpaired) electrons. The van der Waals surface area contributed by atoms with Gasteiger partial charge in [0.15, 0.2) is 0 Å². The van der Waals surface area contributed by atoms with Gasteiger partial charge in [-0.2, -0.15) is 0 Å². The second-order valence-corrected chi connectivity index (χ2v) is 3.00. The zero-order valence-corrected chi connectivity index (χ0v) is 7.48. The van der Waals surface area contributed by atoms with Crippen molar-refractivity contribution in [2.24, 2.45) is 0 Å². The molecule has 0 saturated carbocycles. The molecule has 0 aromatic carbocycles. The molecule has 0 amide bonds. The third kappa shape index (κ3) is 2.05. The van der Waals surface area contributed by atoms with Crippen LogP contribution < -0.4 is 0 Å². The maximum Gasteiger partial charge on any atom is 0.228 e. The average molecular weight is 206 g/mol. The van der Waals surface area contributed by atoms with Gasteiger partial charge in [-0.05, 0) is 0 Å². The second-order valence-electron chi connectivity index (χ2n) is 3.00. The molecule has 0 aromatic rings. The van der Waals surface area contributed by atoms with Gasteiger partial charge in [0.05, 0.1) is 12.9 Å². The highest BCUT2D eigenvalue weighted by atomic mass is 16.7. The van der Waals surface area contributed by atoms with Crippen LogP contribution in [0.2, 0.25) is 0 Å². The Morgan fingerprint density at radius 1 is 1.21 bits per heavy atom. The summed E-state index contributed by atoms with van der Waals surface area (Å²) < 4.78 is 9.72. The van der Waals surface area contributed by atoms with Gasteiger partial charge in [0.2, 0.25) is 6.29 Å². The van der Waals surface area contributed by atoms with Crippen LogP contribution in [0, 0.1) is 0 Å². The van der Waals surface area contributed by atoms with E-state index in [-0.39, 0.29) is 0 Å². The first-order chi connectivity index (χ1) is 6.61. The molecule has 4 N–H and O–H groups in total. The topological polar surface area (TPSA) is 99.4 Å². The van der Waals surface area contributed by atoms with Crippen molar-refractivity contribution in [3.05, 3.63) is 12.8 Å². The molecule has 5 atom stereocenters. The van der Waals surface area contributed by atoms with E-state index in [4.69, 9.17) is 14.6 Å². The molecule has 6 nitrogen and oxygen atoms in total. The highest BCUT2D eigenvalue weighted by Crippen LogP contribution is 2.21. The summed E-state index contributed by atoms with van der Waals surface area (Å²) in [5.74, 6) is 0. The van der Waals surface area contributed by atoms with E-state index in [0.717, 1.165) is 6.26 Å². The normalized spacial score (nSPS) is 43.3. The summed E-state index contributed by atoms with van der Waals surface area (Å²) in [6.45, 7) is 2.79. The van der Waals surface area contributed by atoms with Crippen molar-refractivity contribution in [3.8, 4) is 0 Å². The quantitative estimate of drug-likeness (QED) is 0.396. The lowest BCUT2D eigenvalue weighted by molar-refractivity contribution is -0.287. The number of hydrogen-bond acceptors (Lipinski definition) is 6. The molecule has 0 aromatic heterocycles. The van der Waals surface area contributed by atoms with Crippen LogP contribution in [0.5, 0.6) is 0 Å². The number of rotatable bonds is 3.